The molecule has 0 saturated carbocycles. The molecule has 0 aliphatic carbocycles. The van der Waals surface area contributed by atoms with Crippen LogP contribution in [0.4, 0.5) is 23.2 Å². The maximum Gasteiger partial charge on any atom is 0.265 e. The highest BCUT2D eigenvalue weighted by Crippen LogP contribution is 2.47. The molecule has 202 valence electrons. The number of halogens is 4. The number of alkyl halides is 1. The van der Waals surface area contributed by atoms with Crippen LogP contribution in [-0.2, 0) is 15.0 Å². The summed E-state index contributed by atoms with van der Waals surface area (Å²) in [7, 11) is 0. The van der Waals surface area contributed by atoms with Crippen molar-refractivity contribution in [3.63, 3.8) is 0 Å². The van der Waals surface area contributed by atoms with E-state index in [1.807, 2.05) is 0 Å². The minimum Gasteiger partial charge on any atom is -0.364 e. The number of carbonyl (C=O) groups excluding carboxylic acids is 3. The summed E-state index contributed by atoms with van der Waals surface area (Å²) in [4.78, 5) is 41.0. The number of primary amides is 1. The smallest absolute Gasteiger partial charge is 0.265 e. The predicted molar refractivity (Wildman–Crippen MR) is 135 cm³/mol. The number of likely N-dealkylation sites (tertiary alicyclic amines) is 1. The Labute approximate surface area is 220 Å². The Morgan fingerprint density at radius 2 is 1.92 bits per heavy atom. The fourth-order valence-electron chi connectivity index (χ4n) is 5.77. The second-order valence-electron chi connectivity index (χ2n) is 10.6. The van der Waals surface area contributed by atoms with Crippen molar-refractivity contribution in [1.82, 2.24) is 9.47 Å². The number of benzene rings is 2. The van der Waals surface area contributed by atoms with Crippen molar-refractivity contribution in [3.8, 4) is 12.3 Å². The monoisotopic (exact) mass is 540 g/mol. The SMILES string of the molecule is C#C[C@@H]1C[C@@]2(CN1C(=O)[C@H](CC(C)(C)F)n1c(C(N)=O)cc3cc(F)c(F)c(F)c31)C(=O)Nc1ccccc12. The lowest BCUT2D eigenvalue weighted by Gasteiger charge is -2.31. The molecule has 0 bridgehead atoms. The van der Waals surface area contributed by atoms with Gasteiger partial charge in [0.2, 0.25) is 11.8 Å². The number of hydrogen-bond acceptors (Lipinski definition) is 3. The number of carbonyl (C=O) groups is 3. The van der Waals surface area contributed by atoms with Gasteiger partial charge in [-0.2, -0.15) is 0 Å². The molecule has 3 N–H and O–H groups in total. The van der Waals surface area contributed by atoms with E-state index in [1.165, 1.54) is 18.7 Å². The van der Waals surface area contributed by atoms with Crippen molar-refractivity contribution in [2.75, 3.05) is 11.9 Å². The lowest BCUT2D eigenvalue weighted by atomic mass is 9.79. The Hall–Kier alpha value is -4.33. The lowest BCUT2D eigenvalue weighted by Crippen LogP contribution is -2.44. The minimum absolute atomic E-state index is 0.0626. The van der Waals surface area contributed by atoms with Gasteiger partial charge >= 0.3 is 0 Å². The van der Waals surface area contributed by atoms with Gasteiger partial charge in [-0.3, -0.25) is 14.4 Å². The second kappa shape index (κ2) is 8.86. The molecule has 3 atom stereocenters. The fraction of sp³-hybridized carbons (Fsp3) is 0.321. The van der Waals surface area contributed by atoms with E-state index in [9.17, 15) is 23.2 Å². The van der Waals surface area contributed by atoms with Crippen LogP contribution in [0.5, 0.6) is 0 Å². The Morgan fingerprint density at radius 1 is 1.23 bits per heavy atom. The largest absolute Gasteiger partial charge is 0.364 e. The summed E-state index contributed by atoms with van der Waals surface area (Å²) >= 11 is 0. The standard InChI is InChI=1S/C28H24F4N4O3/c1-4-15-11-28(16-7-5-6-8-18(16)34-26(28)39)13-35(15)25(38)20(12-27(2,3)32)36-19(24(33)37)10-14-9-17(29)21(30)22(31)23(14)36/h1,5-10,15,20H,11-13H2,2-3H3,(H2,33,37)(H,34,39)/t15-,20+,28+/m1/s1. The maximum absolute atomic E-state index is 15.2. The van der Waals surface area contributed by atoms with E-state index in [0.29, 0.717) is 17.3 Å². The van der Waals surface area contributed by atoms with Crippen LogP contribution in [0.2, 0.25) is 0 Å². The van der Waals surface area contributed by atoms with Gasteiger partial charge in [0.15, 0.2) is 17.5 Å². The zero-order valence-electron chi connectivity index (χ0n) is 21.0. The summed E-state index contributed by atoms with van der Waals surface area (Å²) in [6, 6.07) is 6.06. The number of terminal acetylenes is 1. The zero-order valence-corrected chi connectivity index (χ0v) is 21.0. The topological polar surface area (TPSA) is 97.4 Å². The average molecular weight is 541 g/mol. The molecule has 3 amide bonds. The molecule has 2 aromatic carbocycles. The number of hydrogen-bond donors (Lipinski definition) is 2. The third-order valence-electron chi connectivity index (χ3n) is 7.45. The highest BCUT2D eigenvalue weighted by Gasteiger charge is 2.56. The van der Waals surface area contributed by atoms with E-state index in [0.717, 1.165) is 10.6 Å². The van der Waals surface area contributed by atoms with E-state index >= 15 is 8.78 Å². The van der Waals surface area contributed by atoms with E-state index in [-0.39, 0.29) is 24.3 Å². The molecule has 1 aromatic heterocycles. The van der Waals surface area contributed by atoms with Gasteiger partial charge in [-0.25, -0.2) is 17.6 Å². The number of amides is 3. The van der Waals surface area contributed by atoms with Crippen LogP contribution in [0, 0.1) is 29.8 Å². The number of aromatic nitrogens is 1. The Kier molecular flexibility index (Phi) is 5.97. The first-order valence-corrected chi connectivity index (χ1v) is 12.1. The van der Waals surface area contributed by atoms with Crippen LogP contribution in [-0.4, -0.2) is 45.4 Å². The van der Waals surface area contributed by atoms with Crippen molar-refractivity contribution in [2.24, 2.45) is 5.73 Å². The third-order valence-corrected chi connectivity index (χ3v) is 7.45. The summed E-state index contributed by atoms with van der Waals surface area (Å²) in [5.41, 5.74) is 2.39. The number of anilines is 1. The van der Waals surface area contributed by atoms with Crippen molar-refractivity contribution < 1.29 is 31.9 Å². The highest BCUT2D eigenvalue weighted by atomic mass is 19.2. The number of para-hydroxylation sites is 1. The zero-order chi connectivity index (χ0) is 28.4. The quantitative estimate of drug-likeness (QED) is 0.291. The summed E-state index contributed by atoms with van der Waals surface area (Å²) in [6.07, 6.45) is 5.24. The molecule has 0 radical (unpaired) electrons. The molecule has 3 aromatic rings. The molecule has 7 nitrogen and oxygen atoms in total. The number of nitrogens with two attached hydrogens (primary N) is 1. The predicted octanol–water partition coefficient (Wildman–Crippen LogP) is 3.96. The van der Waals surface area contributed by atoms with Crippen molar-refractivity contribution >= 4 is 34.3 Å². The van der Waals surface area contributed by atoms with Gasteiger partial charge in [-0.05, 0) is 44.0 Å². The van der Waals surface area contributed by atoms with Gasteiger partial charge in [-0.1, -0.05) is 24.1 Å². The minimum atomic E-state index is -2.05. The van der Waals surface area contributed by atoms with Gasteiger partial charge in [0.25, 0.3) is 5.91 Å². The molecular formula is C28H24F4N4O3. The molecule has 2 aliphatic rings. The average Bonchev–Trinajstić information content (AvgIpc) is 3.53. The molecule has 3 heterocycles. The molecule has 2 aliphatic heterocycles. The number of nitrogens with one attached hydrogen (secondary N) is 1. The van der Waals surface area contributed by atoms with Gasteiger partial charge in [0.05, 0.1) is 17.0 Å². The molecule has 11 heteroatoms. The summed E-state index contributed by atoms with van der Waals surface area (Å²) in [5.74, 6) is -4.82. The molecule has 1 fully saturated rings. The first-order valence-electron chi connectivity index (χ1n) is 12.1. The van der Waals surface area contributed by atoms with Crippen LogP contribution in [0.3, 0.4) is 0 Å². The summed E-state index contributed by atoms with van der Waals surface area (Å²) in [5, 5.41) is 2.55. The second-order valence-corrected chi connectivity index (χ2v) is 10.6. The number of nitrogens with zero attached hydrogens (tertiary/aromatic N) is 2. The Morgan fingerprint density at radius 3 is 2.56 bits per heavy atom. The maximum atomic E-state index is 15.2. The van der Waals surface area contributed by atoms with Gasteiger partial charge in [0, 0.05) is 24.0 Å². The van der Waals surface area contributed by atoms with Gasteiger partial charge in [0.1, 0.15) is 17.4 Å². The normalized spacial score (nSPS) is 21.2. The van der Waals surface area contributed by atoms with E-state index in [1.54, 1.807) is 24.3 Å². The molecule has 1 saturated heterocycles. The van der Waals surface area contributed by atoms with Crippen LogP contribution in [0.1, 0.15) is 48.8 Å². The molecule has 39 heavy (non-hydrogen) atoms. The molecule has 0 unspecified atom stereocenters. The first kappa shape index (κ1) is 26.3. The Balaban J connectivity index is 1.68. The van der Waals surface area contributed by atoms with Crippen LogP contribution < -0.4 is 11.1 Å². The highest BCUT2D eigenvalue weighted by molar-refractivity contribution is 6.07. The van der Waals surface area contributed by atoms with Crippen molar-refractivity contribution in [3.05, 3.63) is 65.1 Å². The van der Waals surface area contributed by atoms with Crippen LogP contribution in [0.15, 0.2) is 36.4 Å². The summed E-state index contributed by atoms with van der Waals surface area (Å²) < 4.78 is 59.5. The van der Waals surface area contributed by atoms with Gasteiger partial charge in [-0.15, -0.1) is 6.42 Å². The van der Waals surface area contributed by atoms with E-state index < -0.39 is 70.1 Å². The van der Waals surface area contributed by atoms with E-state index in [2.05, 4.69) is 11.2 Å². The van der Waals surface area contributed by atoms with Gasteiger partial charge < -0.3 is 20.5 Å². The summed E-state index contributed by atoms with van der Waals surface area (Å²) in [6.45, 7) is 2.16. The molecular weight excluding hydrogens is 516 g/mol. The van der Waals surface area contributed by atoms with Crippen molar-refractivity contribution in [2.45, 2.75) is 49.9 Å². The third kappa shape index (κ3) is 4.02. The molecule has 5 rings (SSSR count). The Bertz CT molecular complexity index is 1600. The molecule has 1 spiro atoms. The van der Waals surface area contributed by atoms with Crippen LogP contribution >= 0.6 is 0 Å². The lowest BCUT2D eigenvalue weighted by molar-refractivity contribution is -0.136. The van der Waals surface area contributed by atoms with Crippen molar-refractivity contribution in [1.29, 1.82) is 0 Å². The number of rotatable bonds is 5. The van der Waals surface area contributed by atoms with Crippen LogP contribution in [0.25, 0.3) is 10.9 Å². The first-order chi connectivity index (χ1) is 18.3. The van der Waals surface area contributed by atoms with E-state index in [4.69, 9.17) is 12.2 Å². The number of fused-ring (bicyclic) bond motifs is 3. The fourth-order valence-corrected chi connectivity index (χ4v) is 5.77.